The van der Waals surface area contributed by atoms with E-state index in [1.165, 1.54) is 7.05 Å². The highest BCUT2D eigenvalue weighted by Crippen LogP contribution is 2.25. The first-order valence-corrected chi connectivity index (χ1v) is 4.94. The maximum absolute atomic E-state index is 11.8. The highest BCUT2D eigenvalue weighted by atomic mass is 32.2. The second-order valence-electron chi connectivity index (χ2n) is 2.51. The van der Waals surface area contributed by atoms with Crippen LogP contribution in [-0.4, -0.2) is 28.9 Å². The highest BCUT2D eigenvalue weighted by molar-refractivity contribution is 7.87. The van der Waals surface area contributed by atoms with E-state index in [2.05, 4.69) is 14.5 Å². The van der Waals surface area contributed by atoms with Crippen LogP contribution in [0.2, 0.25) is 0 Å². The number of aryl methyl sites for hydroxylation is 1. The van der Waals surface area contributed by atoms with Crippen molar-refractivity contribution in [3.63, 3.8) is 0 Å². The van der Waals surface area contributed by atoms with Crippen LogP contribution in [0.5, 0.6) is 0 Å². The Morgan fingerprint density at radius 3 is 2.53 bits per heavy atom. The smallest absolute Gasteiger partial charge is 0.257 e. The summed E-state index contributed by atoms with van der Waals surface area (Å²) in [6.45, 7) is -0.759. The van der Waals surface area contributed by atoms with E-state index < -0.39 is 22.2 Å². The molecule has 0 saturated carbocycles. The Bertz CT molecular complexity index is 438. The van der Waals surface area contributed by atoms with Crippen LogP contribution in [0.3, 0.4) is 0 Å². The Hall–Kier alpha value is -1.16. The summed E-state index contributed by atoms with van der Waals surface area (Å²) in [5, 5.41) is 6.73. The Balaban J connectivity index is 2.71. The number of hydrogen-bond acceptors (Lipinski definition) is 5. The molecule has 1 aromatic heterocycles. The summed E-state index contributed by atoms with van der Waals surface area (Å²) in [5.41, 5.74) is -5.30. The number of aromatic nitrogens is 3. The van der Waals surface area contributed by atoms with Crippen LogP contribution in [0.4, 0.5) is 13.2 Å². The van der Waals surface area contributed by atoms with Gasteiger partial charge in [-0.2, -0.15) is 21.6 Å². The van der Waals surface area contributed by atoms with Crippen molar-refractivity contribution in [3.05, 3.63) is 11.9 Å². The molecule has 0 saturated heterocycles. The van der Waals surface area contributed by atoms with Gasteiger partial charge in [0.25, 0.3) is 0 Å². The van der Waals surface area contributed by atoms with E-state index in [4.69, 9.17) is 0 Å². The topological polar surface area (TPSA) is 74.1 Å². The molecule has 0 atom stereocenters. The van der Waals surface area contributed by atoms with Gasteiger partial charge in [0.1, 0.15) is 6.61 Å². The second kappa shape index (κ2) is 3.77. The standard InChI is InChI=1S/C5H6F3N3O3S/c1-11-4(2-9-10-11)3-14-15(12,13)5(6,7)8/h2H,3H2,1H3. The molecular formula is C5H6F3N3O3S. The van der Waals surface area contributed by atoms with Crippen LogP contribution in [-0.2, 0) is 28.0 Å². The molecule has 1 rings (SSSR count). The maximum Gasteiger partial charge on any atom is 0.523 e. The molecule has 0 spiro atoms. The Labute approximate surface area is 82.8 Å². The third-order valence-electron chi connectivity index (χ3n) is 1.45. The normalized spacial score (nSPS) is 13.1. The molecule has 0 aliphatic rings. The predicted molar refractivity (Wildman–Crippen MR) is 40.8 cm³/mol. The molecule has 0 radical (unpaired) electrons. The Kier molecular flexibility index (Phi) is 3.00. The van der Waals surface area contributed by atoms with Gasteiger partial charge < -0.3 is 0 Å². The van der Waals surface area contributed by atoms with E-state index in [1.807, 2.05) is 0 Å². The van der Waals surface area contributed by atoms with E-state index in [-0.39, 0.29) is 5.69 Å². The lowest BCUT2D eigenvalue weighted by Crippen LogP contribution is -2.25. The molecule has 6 nitrogen and oxygen atoms in total. The van der Waals surface area contributed by atoms with Crippen molar-refractivity contribution in [1.82, 2.24) is 15.0 Å². The minimum atomic E-state index is -5.56. The highest BCUT2D eigenvalue weighted by Gasteiger charge is 2.47. The maximum atomic E-state index is 11.8. The number of nitrogens with zero attached hydrogens (tertiary/aromatic N) is 3. The van der Waals surface area contributed by atoms with Crippen LogP contribution in [0.15, 0.2) is 6.20 Å². The number of alkyl halides is 3. The van der Waals surface area contributed by atoms with E-state index in [0.717, 1.165) is 10.9 Å². The average molecular weight is 245 g/mol. The molecule has 0 aromatic carbocycles. The van der Waals surface area contributed by atoms with Crippen LogP contribution >= 0.6 is 0 Å². The van der Waals surface area contributed by atoms with Gasteiger partial charge in [-0.15, -0.1) is 5.10 Å². The first kappa shape index (κ1) is 11.9. The van der Waals surface area contributed by atoms with Gasteiger partial charge in [-0.25, -0.2) is 0 Å². The van der Waals surface area contributed by atoms with Gasteiger partial charge in [-0.1, -0.05) is 5.21 Å². The van der Waals surface area contributed by atoms with Crippen molar-refractivity contribution < 1.29 is 25.8 Å². The van der Waals surface area contributed by atoms with Crippen LogP contribution in [0, 0.1) is 0 Å². The molecule has 0 aliphatic heterocycles. The zero-order valence-corrected chi connectivity index (χ0v) is 8.21. The quantitative estimate of drug-likeness (QED) is 0.561. The third kappa shape index (κ3) is 2.65. The molecule has 0 amide bonds. The summed E-state index contributed by atoms with van der Waals surface area (Å²) >= 11 is 0. The minimum absolute atomic E-state index is 0.114. The van der Waals surface area contributed by atoms with E-state index in [1.54, 1.807) is 0 Å². The van der Waals surface area contributed by atoms with Crippen molar-refractivity contribution in [2.45, 2.75) is 12.1 Å². The SMILES string of the molecule is Cn1nncc1COS(=O)(=O)C(F)(F)F. The molecule has 1 aromatic rings. The van der Waals surface area contributed by atoms with E-state index in [9.17, 15) is 21.6 Å². The van der Waals surface area contributed by atoms with Gasteiger partial charge in [0.2, 0.25) is 0 Å². The van der Waals surface area contributed by atoms with Crippen molar-refractivity contribution in [2.24, 2.45) is 7.05 Å². The second-order valence-corrected chi connectivity index (χ2v) is 4.12. The summed E-state index contributed by atoms with van der Waals surface area (Å²) in [5.74, 6) is 0. The lowest BCUT2D eigenvalue weighted by atomic mass is 10.5. The predicted octanol–water partition coefficient (Wildman–Crippen LogP) is 0.181. The van der Waals surface area contributed by atoms with Crippen molar-refractivity contribution in [1.29, 1.82) is 0 Å². The zero-order valence-electron chi connectivity index (χ0n) is 7.39. The van der Waals surface area contributed by atoms with Gasteiger partial charge in [0.15, 0.2) is 0 Å². The Morgan fingerprint density at radius 1 is 1.53 bits per heavy atom. The summed E-state index contributed by atoms with van der Waals surface area (Å²) in [6.07, 6.45) is 1.10. The van der Waals surface area contributed by atoms with Crippen LogP contribution in [0.25, 0.3) is 0 Å². The summed E-state index contributed by atoms with van der Waals surface area (Å²) in [7, 11) is -4.16. The van der Waals surface area contributed by atoms with Crippen molar-refractivity contribution >= 4 is 10.1 Å². The van der Waals surface area contributed by atoms with Crippen LogP contribution < -0.4 is 0 Å². The summed E-state index contributed by atoms with van der Waals surface area (Å²) in [4.78, 5) is 0. The number of hydrogen-bond donors (Lipinski definition) is 0. The molecule has 0 bridgehead atoms. The van der Waals surface area contributed by atoms with Gasteiger partial charge in [-0.05, 0) is 0 Å². The largest absolute Gasteiger partial charge is 0.523 e. The molecule has 10 heteroatoms. The molecule has 0 aliphatic carbocycles. The first-order chi connectivity index (χ1) is 6.74. The summed E-state index contributed by atoms with van der Waals surface area (Å²) in [6, 6.07) is 0. The number of rotatable bonds is 3. The monoisotopic (exact) mass is 245 g/mol. The third-order valence-corrected chi connectivity index (χ3v) is 2.45. The molecule has 0 N–H and O–H groups in total. The number of halogens is 3. The zero-order chi connectivity index (χ0) is 11.7. The van der Waals surface area contributed by atoms with Crippen LogP contribution in [0.1, 0.15) is 5.69 Å². The summed E-state index contributed by atoms with van der Waals surface area (Å²) < 4.78 is 61.2. The minimum Gasteiger partial charge on any atom is -0.257 e. The van der Waals surface area contributed by atoms with Gasteiger partial charge in [0.05, 0.1) is 11.9 Å². The Morgan fingerprint density at radius 2 is 2.13 bits per heavy atom. The fourth-order valence-corrected chi connectivity index (χ4v) is 1.06. The first-order valence-electron chi connectivity index (χ1n) is 3.53. The average Bonchev–Trinajstić information content (AvgIpc) is 2.46. The molecule has 0 fully saturated rings. The van der Waals surface area contributed by atoms with Gasteiger partial charge in [-0.3, -0.25) is 8.86 Å². The van der Waals surface area contributed by atoms with Crippen molar-refractivity contribution in [3.8, 4) is 0 Å². The van der Waals surface area contributed by atoms with Gasteiger partial charge in [0, 0.05) is 7.05 Å². The van der Waals surface area contributed by atoms with E-state index >= 15 is 0 Å². The fraction of sp³-hybridized carbons (Fsp3) is 0.600. The lowest BCUT2D eigenvalue weighted by Gasteiger charge is -2.07. The van der Waals surface area contributed by atoms with Gasteiger partial charge >= 0.3 is 15.6 Å². The molecule has 15 heavy (non-hydrogen) atoms. The van der Waals surface area contributed by atoms with E-state index in [0.29, 0.717) is 0 Å². The fourth-order valence-electron chi connectivity index (χ4n) is 0.646. The lowest BCUT2D eigenvalue weighted by molar-refractivity contribution is -0.0549. The molecule has 1 heterocycles. The molecule has 86 valence electrons. The molecular weight excluding hydrogens is 239 g/mol. The molecule has 0 unspecified atom stereocenters. The van der Waals surface area contributed by atoms with Crippen molar-refractivity contribution in [2.75, 3.05) is 0 Å².